The maximum Gasteiger partial charge on any atom is 1.00 e. The first-order chi connectivity index (χ1) is 30.3. The summed E-state index contributed by atoms with van der Waals surface area (Å²) in [5.74, 6) is -6.44. The summed E-state index contributed by atoms with van der Waals surface area (Å²) in [6.07, 6.45) is -40.5. The van der Waals surface area contributed by atoms with E-state index in [-0.39, 0.29) is 118 Å². The van der Waals surface area contributed by atoms with Gasteiger partial charge in [-0.1, -0.05) is 0 Å². The van der Waals surface area contributed by atoms with Gasteiger partial charge in [0.1, 0.15) is 97.5 Å². The predicted octanol–water partition coefficient (Wildman–Crippen LogP) is -23.8. The Morgan fingerprint density at radius 3 is 1.34 bits per heavy atom. The molecule has 0 bridgehead atoms. The van der Waals surface area contributed by atoms with Crippen molar-refractivity contribution in [3.8, 4) is 0 Å². The first-order valence-corrected chi connectivity index (χ1v) is 22.7. The third-order valence-electron chi connectivity index (χ3n) is 10.0. The van der Waals surface area contributed by atoms with Crippen molar-refractivity contribution in [3.63, 3.8) is 0 Å². The van der Waals surface area contributed by atoms with E-state index in [4.69, 9.17) is 37.9 Å². The van der Waals surface area contributed by atoms with Crippen LogP contribution in [0.2, 0.25) is 0 Å². The molecular weight excluding hydrogens is 1070 g/mol. The molecule has 4 aliphatic rings. The fourth-order valence-corrected chi connectivity index (χ4v) is 8.35. The summed E-state index contributed by atoms with van der Waals surface area (Å²) < 4.78 is 160. The van der Waals surface area contributed by atoms with Gasteiger partial charge in [0.05, 0.1) is 31.3 Å². The SMILES string of the molecule is CO[C@@H]1C(COS(=O)(=O)[O-])O[C@H](O[C@@H]2C(C(=O)[O-])O[C@@H](O[C@@H]3C(COS(=O)(=O)[O-])O[C@H](O[C@@H]4C(C(=O)[O-])O[C@@H](C)[C@@H](O)C4O)C(NC(C)=O)[C@H]3O)C(O)[C@H]2O)C(NC(C)=O)[C@H]1OS(=O)(=O)[O-].[Na+].[Na+].[Na+].[Na+]. The molecule has 20 atom stereocenters. The van der Waals surface area contributed by atoms with Gasteiger partial charge >= 0.3 is 118 Å². The van der Waals surface area contributed by atoms with Crippen molar-refractivity contribution in [1.29, 1.82) is 0 Å². The number of nitrogens with one attached hydrogen (secondary N) is 2. The van der Waals surface area contributed by atoms with Gasteiger partial charge in [-0.25, -0.2) is 25.3 Å². The summed E-state index contributed by atoms with van der Waals surface area (Å²) in [6.45, 7) is 0.0128. The molecule has 4 fully saturated rings. The number of hydrogen-bond acceptors (Lipinski definition) is 31. The molecule has 4 rings (SSSR count). The van der Waals surface area contributed by atoms with E-state index in [1.807, 2.05) is 0 Å². The van der Waals surface area contributed by atoms with E-state index in [1.165, 1.54) is 0 Å². The Morgan fingerprint density at radius 1 is 0.529 bits per heavy atom. The number of amides is 2. The molecule has 8 unspecified atom stereocenters. The molecule has 4 saturated heterocycles. The van der Waals surface area contributed by atoms with E-state index in [2.05, 4.69) is 23.2 Å². The summed E-state index contributed by atoms with van der Waals surface area (Å²) in [5.41, 5.74) is 0. The number of hydrogen-bond donors (Lipinski definition) is 7. The van der Waals surface area contributed by atoms with Crippen LogP contribution in [0, 0.1) is 0 Å². The predicted molar refractivity (Wildman–Crippen MR) is 187 cm³/mol. The Bertz CT molecular complexity index is 2080. The van der Waals surface area contributed by atoms with Crippen LogP contribution in [0.1, 0.15) is 20.8 Å². The van der Waals surface area contributed by atoms with Gasteiger partial charge in [0.2, 0.25) is 43.0 Å². The van der Waals surface area contributed by atoms with Gasteiger partial charge in [-0.05, 0) is 6.92 Å². The van der Waals surface area contributed by atoms with Gasteiger partial charge in [-0.2, -0.15) is 0 Å². The maximum atomic E-state index is 12.6. The minimum Gasteiger partial charge on any atom is -0.726 e. The average molecular weight is 1120 g/mol. The molecule has 0 aromatic carbocycles. The fourth-order valence-electron chi connectivity index (χ4n) is 7.24. The van der Waals surface area contributed by atoms with Crippen LogP contribution in [0.5, 0.6) is 0 Å². The van der Waals surface area contributed by atoms with E-state index < -0.39 is 191 Å². The minimum atomic E-state index is -5.80. The van der Waals surface area contributed by atoms with E-state index >= 15 is 0 Å². The van der Waals surface area contributed by atoms with Crippen molar-refractivity contribution in [1.82, 2.24) is 10.6 Å². The normalized spacial score (nSPS) is 37.9. The van der Waals surface area contributed by atoms with Gasteiger partial charge in [-0.3, -0.25) is 22.1 Å². The zero-order valence-corrected chi connectivity index (χ0v) is 48.5. The molecule has 0 radical (unpaired) electrons. The zero-order chi connectivity index (χ0) is 50.0. The minimum absolute atomic E-state index is 0. The topological polar surface area (TPSA) is 513 Å². The van der Waals surface area contributed by atoms with Crippen LogP contribution in [0.25, 0.3) is 0 Å². The first kappa shape index (κ1) is 71.0. The van der Waals surface area contributed by atoms with Crippen molar-refractivity contribution in [2.24, 2.45) is 0 Å². The third-order valence-corrected chi connectivity index (χ3v) is 11.3. The number of aliphatic carboxylic acids is 2. The number of carboxylic acid groups (broad SMARTS) is 2. The second kappa shape index (κ2) is 29.6. The molecule has 7 N–H and O–H groups in total. The van der Waals surface area contributed by atoms with Gasteiger partial charge < -0.3 is 108 Å². The van der Waals surface area contributed by atoms with Gasteiger partial charge in [0.15, 0.2) is 18.9 Å². The van der Waals surface area contributed by atoms with Gasteiger partial charge in [0, 0.05) is 21.0 Å². The Kier molecular flexibility index (Phi) is 30.0. The maximum absolute atomic E-state index is 12.6. The second-order valence-corrected chi connectivity index (χ2v) is 17.8. The zero-order valence-electron chi connectivity index (χ0n) is 38.0. The van der Waals surface area contributed by atoms with E-state index in [1.54, 1.807) is 0 Å². The number of carbonyl (C=O) groups is 4. The Hall–Kier alpha value is 0.970. The molecule has 0 aromatic heterocycles. The van der Waals surface area contributed by atoms with Crippen molar-refractivity contribution in [3.05, 3.63) is 0 Å². The second-order valence-electron chi connectivity index (χ2n) is 14.7. The monoisotopic (exact) mass is 1120 g/mol. The summed E-state index contributed by atoms with van der Waals surface area (Å²) in [4.78, 5) is 49.1. The van der Waals surface area contributed by atoms with Gasteiger partial charge in [-0.15, -0.1) is 0 Å². The van der Waals surface area contributed by atoms with Crippen LogP contribution in [-0.4, -0.2) is 231 Å². The summed E-state index contributed by atoms with van der Waals surface area (Å²) in [7, 11) is -16.2. The van der Waals surface area contributed by atoms with Crippen LogP contribution in [0.3, 0.4) is 0 Å². The summed E-state index contributed by atoms with van der Waals surface area (Å²) in [6, 6.07) is -4.13. The third kappa shape index (κ3) is 19.5. The first-order valence-electron chi connectivity index (χ1n) is 18.7. The molecule has 382 valence electrons. The number of aliphatic hydroxyl groups excluding tert-OH is 5. The van der Waals surface area contributed by atoms with Crippen molar-refractivity contribution >= 4 is 54.9 Å². The molecule has 4 aliphatic heterocycles. The molecule has 40 heteroatoms. The molecule has 0 saturated carbocycles. The largest absolute Gasteiger partial charge is 1.00 e. The molecular formula is C30H43N2Na4O31S3-. The number of aliphatic hydroxyl groups is 5. The van der Waals surface area contributed by atoms with Crippen LogP contribution in [-0.2, 0) is 101 Å². The quantitative estimate of drug-likeness (QED) is 0.0359. The number of carbonyl (C=O) groups excluding carboxylic acids is 4. The standard InChI is InChI=1S/C30H48N2O31S3.4Na/c1-7-14(35)16(37)22(24(56-7)26(40)41)60-28-12(31-8(2)33)15(36)19(10(57-28)5-54-64(44,45)46)59-30-18(39)17(38)23(25(62-30)27(42)43)61-29-13(32-9(3)34)21(63-66(50,51)52)20(53-4)11(58-29)6-55-65(47,48)49;;;;/h7,10-25,28-30,35-39H,5-6H2,1-4H3,(H,31,33)(H,32,34)(H,40,41)(H,42,43)(H,44,45,46)(H,47,48,49)(H,50,51,52);;;;/q;4*+1/p-5/t7-,10?,11?,12?,13?,14+,15+,16?,17+,18?,19+,20+,21+,22-,23-,24?,25?,28+,29+,30+;;;;/m0..../s1. The molecule has 0 spiro atoms. The molecule has 0 aromatic rings. The fraction of sp³-hybridized carbons (Fsp3) is 0.867. The number of carboxylic acids is 2. The van der Waals surface area contributed by atoms with Crippen LogP contribution >= 0.6 is 0 Å². The van der Waals surface area contributed by atoms with E-state index in [9.17, 15) is 93.8 Å². The van der Waals surface area contributed by atoms with E-state index in [0.717, 1.165) is 27.9 Å². The van der Waals surface area contributed by atoms with Crippen LogP contribution in [0.4, 0.5) is 0 Å². The number of methoxy groups -OCH3 is 1. The number of ether oxygens (including phenoxy) is 8. The molecule has 0 aliphatic carbocycles. The van der Waals surface area contributed by atoms with Gasteiger partial charge in [0.25, 0.3) is 0 Å². The molecule has 2 amide bonds. The number of rotatable bonds is 19. The molecule has 4 heterocycles. The smallest absolute Gasteiger partial charge is 0.726 e. The summed E-state index contributed by atoms with van der Waals surface area (Å²) in [5, 5.41) is 83.9. The van der Waals surface area contributed by atoms with Crippen molar-refractivity contribution in [2.45, 2.75) is 143 Å². The molecule has 70 heavy (non-hydrogen) atoms. The molecule has 33 nitrogen and oxygen atoms in total. The van der Waals surface area contributed by atoms with Crippen molar-refractivity contribution in [2.75, 3.05) is 20.3 Å². The Labute approximate surface area is 486 Å². The average Bonchev–Trinajstić information content (AvgIpc) is 3.17. The summed E-state index contributed by atoms with van der Waals surface area (Å²) >= 11 is 0. The van der Waals surface area contributed by atoms with Crippen LogP contribution < -0.4 is 139 Å². The Balaban J connectivity index is 0.0000119. The van der Waals surface area contributed by atoms with E-state index in [0.29, 0.717) is 0 Å². The Morgan fingerprint density at radius 2 is 0.929 bits per heavy atom. The van der Waals surface area contributed by atoms with Crippen molar-refractivity contribution < 1.29 is 263 Å². The van der Waals surface area contributed by atoms with Crippen LogP contribution in [0.15, 0.2) is 0 Å².